The first-order valence-corrected chi connectivity index (χ1v) is 31.9. The number of benzene rings is 1. The van der Waals surface area contributed by atoms with Crippen LogP contribution in [0.2, 0.25) is 0 Å². The van der Waals surface area contributed by atoms with Crippen LogP contribution in [0.5, 0.6) is 0 Å². The Kier molecular flexibility index (Phi) is 113. The molecule has 0 bridgehead atoms. The Hall–Kier alpha value is -8.85. The third-order valence-corrected chi connectivity index (χ3v) is 7.65. The van der Waals surface area contributed by atoms with Crippen molar-refractivity contribution in [1.29, 1.82) is 0 Å². The number of aromatic nitrogens is 15. The average molecular weight is 1240 g/mol. The smallest absolute Gasteiger partial charge is 0.125 e. The van der Waals surface area contributed by atoms with Gasteiger partial charge in [-0.2, -0.15) is 20.4 Å². The highest BCUT2D eigenvalue weighted by molar-refractivity contribution is 5.12. The molecule has 15 heteroatoms. The average Bonchev–Trinajstić information content (AvgIpc) is 3.62. The maximum atomic E-state index is 3.98. The molecule has 0 saturated carbocycles. The standard InChI is InChI=1S/C7H8.3C6H7N.6C5H6N2.10C2H6/c1-7-5-3-2-4-6-7;1-6-2-4-7-5-3-6;1-6-3-2-4-7-5-6;1-6-4-2-3-5-7-6;1-5-2-6-4-7-3-5;1-5-4-6-2-3-7-5;1-5-2-3-6-4-7-5;1-5-2-3-6-7-4-5;1-5-6-3-2-4-7-5;1-5-3-2-4-6-7-5;10*1-2/h2-6H,1H3;3*2-5H,1H3;6*2-4H,1H3;10*1-2H3. The van der Waals surface area contributed by atoms with Crippen LogP contribution in [0.3, 0.4) is 0 Å². The topological polar surface area (TPSA) is 193 Å². The number of aryl methyl sites for hydroxylation is 10. The summed E-state index contributed by atoms with van der Waals surface area (Å²) in [5.74, 6) is 0.822. The fourth-order valence-electron chi connectivity index (χ4n) is 4.07. The maximum Gasteiger partial charge on any atom is 0.125 e. The van der Waals surface area contributed by atoms with E-state index in [1.807, 2.05) is 292 Å². The van der Waals surface area contributed by atoms with Gasteiger partial charge in [0.05, 0.1) is 17.6 Å². The van der Waals surface area contributed by atoms with Crippen LogP contribution >= 0.6 is 0 Å². The Morgan fingerprint density at radius 2 is 0.633 bits per heavy atom. The van der Waals surface area contributed by atoms with Crippen molar-refractivity contribution in [3.05, 3.63) is 271 Å². The first-order chi connectivity index (χ1) is 43.9. The summed E-state index contributed by atoms with van der Waals surface area (Å²) in [5, 5.41) is 14.6. The van der Waals surface area contributed by atoms with Gasteiger partial charge in [0.15, 0.2) is 0 Å². The molecule has 0 N–H and O–H groups in total. The fourth-order valence-corrected chi connectivity index (χ4v) is 4.07. The number of hydrogen-bond acceptors (Lipinski definition) is 15. The van der Waals surface area contributed by atoms with Crippen molar-refractivity contribution < 1.29 is 0 Å². The molecule has 0 aliphatic rings. The van der Waals surface area contributed by atoms with Gasteiger partial charge in [0.1, 0.15) is 18.5 Å². The second kappa shape index (κ2) is 99.2. The van der Waals surface area contributed by atoms with Crippen LogP contribution in [-0.2, 0) is 0 Å². The van der Waals surface area contributed by atoms with E-state index in [1.54, 1.807) is 99.0 Å². The van der Waals surface area contributed by atoms with Gasteiger partial charge in [-0.05, 0) is 152 Å². The Labute approximate surface area is 551 Å². The van der Waals surface area contributed by atoms with Crippen molar-refractivity contribution in [3.8, 4) is 0 Å². The Morgan fingerprint density at radius 1 is 0.200 bits per heavy atom. The van der Waals surface area contributed by atoms with Crippen LogP contribution in [0.15, 0.2) is 215 Å². The van der Waals surface area contributed by atoms with Crippen LogP contribution in [0, 0.1) is 69.2 Å². The third kappa shape index (κ3) is 95.5. The molecule has 9 aromatic heterocycles. The minimum absolute atomic E-state index is 0.822. The molecule has 10 aromatic rings. The maximum absolute atomic E-state index is 3.98. The van der Waals surface area contributed by atoms with E-state index in [0.717, 1.165) is 39.7 Å². The summed E-state index contributed by atoms with van der Waals surface area (Å²) in [6.07, 6.45) is 30.9. The Bertz CT molecular complexity index is 1980. The van der Waals surface area contributed by atoms with Crippen molar-refractivity contribution in [3.63, 3.8) is 0 Å². The Balaban J connectivity index is -0.0000000957. The molecular weight excluding hydrogens is 1110 g/mol. The molecule has 15 nitrogen and oxygen atoms in total. The van der Waals surface area contributed by atoms with E-state index >= 15 is 0 Å². The van der Waals surface area contributed by atoms with Gasteiger partial charge in [-0.3, -0.25) is 24.9 Å². The van der Waals surface area contributed by atoms with Crippen molar-refractivity contribution in [1.82, 2.24) is 75.2 Å². The van der Waals surface area contributed by atoms with E-state index in [1.165, 1.54) is 29.3 Å². The van der Waals surface area contributed by atoms with Gasteiger partial charge in [0.25, 0.3) is 0 Å². The molecule has 0 fully saturated rings. The molecule has 0 atom stereocenters. The highest BCUT2D eigenvalue weighted by Gasteiger charge is 1.80. The summed E-state index contributed by atoms with van der Waals surface area (Å²) in [4.78, 5) is 42.3. The lowest BCUT2D eigenvalue weighted by Gasteiger charge is -1.82. The van der Waals surface area contributed by atoms with Crippen molar-refractivity contribution >= 4 is 0 Å². The lowest BCUT2D eigenvalue weighted by molar-refractivity contribution is 0.980. The zero-order valence-electron chi connectivity index (χ0n) is 61.9. The van der Waals surface area contributed by atoms with Gasteiger partial charge < -0.3 is 0 Å². The van der Waals surface area contributed by atoms with Crippen LogP contribution in [0.1, 0.15) is 195 Å². The molecule has 10 rings (SSSR count). The van der Waals surface area contributed by atoms with Crippen molar-refractivity contribution in [2.24, 2.45) is 0 Å². The second-order valence-electron chi connectivity index (χ2n) is 14.4. The molecule has 9 heterocycles. The Morgan fingerprint density at radius 3 is 0.856 bits per heavy atom. The molecular formula is C75H125N15. The second-order valence-corrected chi connectivity index (χ2v) is 14.4. The van der Waals surface area contributed by atoms with Gasteiger partial charge in [0.2, 0.25) is 0 Å². The first-order valence-electron chi connectivity index (χ1n) is 31.9. The van der Waals surface area contributed by atoms with Crippen LogP contribution in [0.4, 0.5) is 0 Å². The van der Waals surface area contributed by atoms with Gasteiger partial charge in [-0.25, -0.2) is 29.9 Å². The molecule has 0 unspecified atom stereocenters. The molecule has 90 heavy (non-hydrogen) atoms. The van der Waals surface area contributed by atoms with Crippen LogP contribution in [-0.4, -0.2) is 75.2 Å². The summed E-state index contributed by atoms with van der Waals surface area (Å²) in [5.41, 5.74) is 10.0. The normalized spacial score (nSPS) is 7.44. The van der Waals surface area contributed by atoms with Crippen LogP contribution in [0.25, 0.3) is 0 Å². The summed E-state index contributed by atoms with van der Waals surface area (Å²) < 4.78 is 0. The zero-order valence-corrected chi connectivity index (χ0v) is 61.9. The summed E-state index contributed by atoms with van der Waals surface area (Å²) in [7, 11) is 0. The molecule has 0 amide bonds. The van der Waals surface area contributed by atoms with E-state index in [0.29, 0.717) is 0 Å². The number of rotatable bonds is 0. The van der Waals surface area contributed by atoms with Gasteiger partial charge in [0, 0.05) is 104 Å². The largest absolute Gasteiger partial charge is 0.265 e. The highest BCUT2D eigenvalue weighted by atomic mass is 15.1. The molecule has 0 spiro atoms. The number of nitrogens with zero attached hydrogens (tertiary/aromatic N) is 15. The minimum atomic E-state index is 0.822. The first kappa shape index (κ1) is 103. The van der Waals surface area contributed by atoms with Gasteiger partial charge >= 0.3 is 0 Å². The monoisotopic (exact) mass is 1240 g/mol. The predicted octanol–water partition coefficient (Wildman–Crippen LogP) is 21.1. The van der Waals surface area contributed by atoms with Crippen LogP contribution < -0.4 is 0 Å². The van der Waals surface area contributed by atoms with E-state index in [2.05, 4.69) is 94.3 Å². The minimum Gasteiger partial charge on any atom is -0.265 e. The van der Waals surface area contributed by atoms with E-state index in [-0.39, 0.29) is 0 Å². The third-order valence-electron chi connectivity index (χ3n) is 7.65. The molecule has 0 aliphatic heterocycles. The molecule has 0 radical (unpaired) electrons. The zero-order chi connectivity index (χ0) is 71.1. The fraction of sp³-hybridized carbons (Fsp3) is 0.400. The number of hydrogen-bond donors (Lipinski definition) is 0. The lowest BCUT2D eigenvalue weighted by atomic mass is 10.2. The van der Waals surface area contributed by atoms with Gasteiger partial charge in [-0.15, -0.1) is 0 Å². The molecule has 0 aliphatic carbocycles. The predicted molar refractivity (Wildman–Crippen MR) is 392 cm³/mol. The van der Waals surface area contributed by atoms with Gasteiger partial charge in [-0.1, -0.05) is 187 Å². The van der Waals surface area contributed by atoms with Crippen molar-refractivity contribution in [2.75, 3.05) is 0 Å². The molecule has 1 aromatic carbocycles. The van der Waals surface area contributed by atoms with E-state index < -0.39 is 0 Å². The SMILES string of the molecule is CC.CC.CC.CC.CC.CC.CC.CC.CC.CC.Cc1ccccc1.Cc1ccccn1.Cc1cccnc1.Cc1cccnn1.Cc1ccncc1.Cc1ccncn1.Cc1ccnnc1.Cc1cnccn1.Cc1cncnc1.Cc1ncccn1. The number of pyridine rings is 3. The molecule has 0 saturated heterocycles. The summed E-state index contributed by atoms with van der Waals surface area (Å²) in [6.45, 7) is 59.7. The van der Waals surface area contributed by atoms with E-state index in [9.17, 15) is 0 Å². The van der Waals surface area contributed by atoms with Crippen molar-refractivity contribution in [2.45, 2.75) is 208 Å². The summed E-state index contributed by atoms with van der Waals surface area (Å²) in [6, 6.07) is 33.4. The molecule has 500 valence electrons. The summed E-state index contributed by atoms with van der Waals surface area (Å²) >= 11 is 0. The van der Waals surface area contributed by atoms with E-state index in [4.69, 9.17) is 0 Å². The highest BCUT2D eigenvalue weighted by Crippen LogP contribution is 1.93. The quantitative estimate of drug-likeness (QED) is 0.139. The lowest BCUT2D eigenvalue weighted by Crippen LogP contribution is -1.80.